The first-order chi connectivity index (χ1) is 5.66. The maximum Gasteiger partial charge on any atom is 0.146 e. The molecule has 1 rings (SSSR count). The van der Waals surface area contributed by atoms with Crippen molar-refractivity contribution < 1.29 is 14.2 Å². The molecule has 5 nitrogen and oxygen atoms in total. The lowest BCUT2D eigenvalue weighted by Crippen LogP contribution is -2.30. The van der Waals surface area contributed by atoms with Crippen molar-refractivity contribution in [3.05, 3.63) is 10.4 Å². The summed E-state index contributed by atoms with van der Waals surface area (Å²) < 4.78 is 17.5. The van der Waals surface area contributed by atoms with Crippen LogP contribution in [0.15, 0.2) is 5.11 Å². The van der Waals surface area contributed by atoms with E-state index in [0.717, 1.165) is 0 Å². The van der Waals surface area contributed by atoms with Crippen LogP contribution in [0, 0.1) is 0 Å². The molecule has 0 aromatic heterocycles. The first-order valence-corrected chi connectivity index (χ1v) is 3.41. The van der Waals surface area contributed by atoms with Crippen molar-refractivity contribution in [3.63, 3.8) is 0 Å². The summed E-state index contributed by atoms with van der Waals surface area (Å²) in [6.07, 6.45) is -3.74. The maximum atomic E-state index is 12.8. The summed E-state index contributed by atoms with van der Waals surface area (Å²) in [4.78, 5) is 2.45. The predicted octanol–water partition coefficient (Wildman–Crippen LogP) is -0.111. The van der Waals surface area contributed by atoms with Crippen LogP contribution in [0.25, 0.3) is 10.4 Å². The van der Waals surface area contributed by atoms with Gasteiger partial charge in [0.15, 0.2) is 0 Å². The first-order valence-electron chi connectivity index (χ1n) is 3.41. The zero-order valence-corrected chi connectivity index (χ0v) is 6.17. The average Bonchev–Trinajstić information content (AvgIpc) is 2.30. The van der Waals surface area contributed by atoms with Gasteiger partial charge in [0.05, 0.1) is 18.7 Å². The van der Waals surface area contributed by atoms with Gasteiger partial charge in [0.2, 0.25) is 0 Å². The van der Waals surface area contributed by atoms with E-state index in [1.165, 1.54) is 0 Å². The van der Waals surface area contributed by atoms with Gasteiger partial charge in [0, 0.05) is 4.91 Å². The molecule has 1 saturated heterocycles. The number of aliphatic hydroxyl groups is 1. The second-order valence-corrected chi connectivity index (χ2v) is 2.49. The fraction of sp³-hybridized carbons (Fsp3) is 1.00. The summed E-state index contributed by atoms with van der Waals surface area (Å²) >= 11 is 0. The van der Waals surface area contributed by atoms with Crippen molar-refractivity contribution in [1.82, 2.24) is 0 Å². The molecule has 12 heavy (non-hydrogen) atoms. The van der Waals surface area contributed by atoms with Crippen molar-refractivity contribution >= 4 is 7.85 Å². The number of halogens is 1. The van der Waals surface area contributed by atoms with Crippen LogP contribution in [-0.2, 0) is 4.74 Å². The third-order valence-corrected chi connectivity index (χ3v) is 1.68. The van der Waals surface area contributed by atoms with Crippen molar-refractivity contribution in [1.29, 1.82) is 0 Å². The molecule has 7 heteroatoms. The monoisotopic (exact) mass is 171 g/mol. The lowest BCUT2D eigenvalue weighted by molar-refractivity contribution is 0.0365. The van der Waals surface area contributed by atoms with Crippen LogP contribution in [0.4, 0.5) is 4.39 Å². The minimum atomic E-state index is -1.61. The third-order valence-electron chi connectivity index (χ3n) is 1.68. The molecule has 4 atom stereocenters. The van der Waals surface area contributed by atoms with Gasteiger partial charge >= 0.3 is 0 Å². The Morgan fingerprint density at radius 2 is 2.42 bits per heavy atom. The molecule has 1 N–H and O–H groups in total. The van der Waals surface area contributed by atoms with Gasteiger partial charge in [-0.25, -0.2) is 4.39 Å². The Morgan fingerprint density at radius 3 is 2.83 bits per heavy atom. The van der Waals surface area contributed by atoms with Gasteiger partial charge in [-0.3, -0.25) is 0 Å². The Morgan fingerprint density at radius 1 is 1.75 bits per heavy atom. The topological polar surface area (TPSA) is 78.2 Å². The van der Waals surface area contributed by atoms with E-state index < -0.39 is 24.4 Å². The summed E-state index contributed by atoms with van der Waals surface area (Å²) in [6, 6.07) is -1.13. The summed E-state index contributed by atoms with van der Waals surface area (Å²) in [5.41, 5.74) is 7.94. The minimum absolute atomic E-state index is 0.105. The smallest absolute Gasteiger partial charge is 0.146 e. The summed E-state index contributed by atoms with van der Waals surface area (Å²) in [5, 5.41) is 12.2. The molecule has 0 aromatic carbocycles. The molecule has 1 aliphatic heterocycles. The van der Waals surface area contributed by atoms with Crippen molar-refractivity contribution in [2.45, 2.75) is 24.4 Å². The third kappa shape index (κ3) is 1.69. The highest BCUT2D eigenvalue weighted by molar-refractivity contribution is 6.11. The van der Waals surface area contributed by atoms with Crippen LogP contribution in [0.5, 0.6) is 0 Å². The second-order valence-electron chi connectivity index (χ2n) is 2.49. The molecular formula is C5H7BFN3O2. The van der Waals surface area contributed by atoms with Gasteiger partial charge in [-0.1, -0.05) is 5.11 Å². The first kappa shape index (κ1) is 9.31. The maximum absolute atomic E-state index is 12.8. The van der Waals surface area contributed by atoms with Crippen LogP contribution < -0.4 is 0 Å². The highest BCUT2D eigenvalue weighted by atomic mass is 19.1. The molecule has 0 aliphatic carbocycles. The highest BCUT2D eigenvalue weighted by Gasteiger charge is 2.40. The zero-order chi connectivity index (χ0) is 9.14. The van der Waals surface area contributed by atoms with Crippen LogP contribution in [0.1, 0.15) is 0 Å². The normalized spacial score (nSPS) is 40.8. The molecule has 0 bridgehead atoms. The predicted molar refractivity (Wildman–Crippen MR) is 39.3 cm³/mol. The van der Waals surface area contributed by atoms with Crippen molar-refractivity contribution in [2.24, 2.45) is 5.11 Å². The fourth-order valence-electron chi connectivity index (χ4n) is 1.02. The Kier molecular flexibility index (Phi) is 2.91. The lowest BCUT2D eigenvalue weighted by atomic mass is 9.94. The largest absolute Gasteiger partial charge is 0.387 e. The van der Waals surface area contributed by atoms with Crippen LogP contribution in [0.2, 0.25) is 0 Å². The second kappa shape index (κ2) is 3.75. The van der Waals surface area contributed by atoms with E-state index in [0.29, 0.717) is 0 Å². The van der Waals surface area contributed by atoms with Crippen molar-refractivity contribution in [2.75, 3.05) is 6.54 Å². The van der Waals surface area contributed by atoms with E-state index in [4.69, 9.17) is 23.2 Å². The highest BCUT2D eigenvalue weighted by Crippen LogP contribution is 2.22. The van der Waals surface area contributed by atoms with Gasteiger partial charge in [0.1, 0.15) is 20.1 Å². The Labute approximate surface area is 69.6 Å². The molecule has 0 saturated carbocycles. The van der Waals surface area contributed by atoms with Gasteiger partial charge in [-0.2, -0.15) is 0 Å². The van der Waals surface area contributed by atoms with E-state index in [9.17, 15) is 4.39 Å². The molecule has 64 valence electrons. The molecule has 0 spiro atoms. The molecule has 0 unspecified atom stereocenters. The Hall–Kier alpha value is -0.775. The molecule has 0 amide bonds. The number of nitrogens with zero attached hydrogens (tertiary/aromatic N) is 3. The van der Waals surface area contributed by atoms with Gasteiger partial charge in [-0.05, 0) is 5.53 Å². The van der Waals surface area contributed by atoms with Crippen LogP contribution in [-0.4, -0.2) is 43.9 Å². The van der Waals surface area contributed by atoms with E-state index >= 15 is 0 Å². The van der Waals surface area contributed by atoms with Gasteiger partial charge < -0.3 is 9.84 Å². The number of rotatable bonds is 2. The van der Waals surface area contributed by atoms with Gasteiger partial charge in [0.25, 0.3) is 0 Å². The summed E-state index contributed by atoms with van der Waals surface area (Å²) in [5.74, 6) is 0. The average molecular weight is 171 g/mol. The fourth-order valence-corrected chi connectivity index (χ4v) is 1.02. The quantitative estimate of drug-likeness (QED) is 0.272. The SMILES string of the molecule is [B][C@@H]1O[C@H](CN=[N+]=[N-])[C@H](O)[C@@H]1F. The molecule has 0 aromatic rings. The number of azide groups is 1. The Balaban J connectivity index is 2.52. The van der Waals surface area contributed by atoms with Gasteiger partial charge in [-0.15, -0.1) is 0 Å². The molecule has 1 fully saturated rings. The van der Waals surface area contributed by atoms with Crippen LogP contribution in [0.3, 0.4) is 0 Å². The van der Waals surface area contributed by atoms with E-state index in [1.807, 2.05) is 0 Å². The summed E-state index contributed by atoms with van der Waals surface area (Å²) in [6.45, 7) is -0.105. The molecule has 1 heterocycles. The number of hydrogen-bond acceptors (Lipinski definition) is 3. The number of aliphatic hydroxyl groups excluding tert-OH is 1. The summed E-state index contributed by atoms with van der Waals surface area (Å²) in [7, 11) is 5.14. The van der Waals surface area contributed by atoms with E-state index in [-0.39, 0.29) is 6.54 Å². The number of hydrogen-bond donors (Lipinski definition) is 1. The van der Waals surface area contributed by atoms with Crippen molar-refractivity contribution in [3.8, 4) is 0 Å². The minimum Gasteiger partial charge on any atom is -0.387 e. The number of ether oxygens (including phenoxy) is 1. The van der Waals surface area contributed by atoms with Crippen LogP contribution >= 0.6 is 0 Å². The standard InChI is InChI=1S/C5H7BFN3O2/c6-5-3(7)4(11)2(12-5)1-9-10-8/h2-5,11H,1H2/t2-,3+,4+,5-/m1/s1. The molecular weight excluding hydrogens is 164 g/mol. The zero-order valence-electron chi connectivity index (χ0n) is 6.17. The number of alkyl halides is 1. The lowest BCUT2D eigenvalue weighted by Gasteiger charge is -2.09. The van der Waals surface area contributed by atoms with E-state index in [1.54, 1.807) is 0 Å². The molecule has 2 radical (unpaired) electrons. The Bertz CT molecular complexity index is 211. The van der Waals surface area contributed by atoms with E-state index in [2.05, 4.69) is 10.0 Å². The molecule has 1 aliphatic rings.